The molecule has 2 saturated heterocycles. The van der Waals surface area contributed by atoms with Gasteiger partial charge >= 0.3 is 0 Å². The van der Waals surface area contributed by atoms with Crippen LogP contribution in [-0.2, 0) is 22.4 Å². The molecule has 0 atom stereocenters. The molecule has 29 heteroatoms. The maximum Gasteiger partial charge on any atom is 0.139 e. The Morgan fingerprint density at radius 2 is 0.856 bits per heavy atom. The van der Waals surface area contributed by atoms with E-state index in [1.54, 1.807) is 31.9 Å². The highest BCUT2D eigenvalue weighted by Gasteiger charge is 2.21. The number of methoxy groups -OCH3 is 1. The van der Waals surface area contributed by atoms with Gasteiger partial charge in [0.15, 0.2) is 0 Å². The molecule has 1 aromatic carbocycles. The van der Waals surface area contributed by atoms with Crippen LogP contribution in [0.2, 0.25) is 5.02 Å². The molecule has 3 fully saturated rings. The predicted molar refractivity (Wildman–Crippen MR) is 415 cm³/mol. The monoisotopic (exact) mass is 1420 g/mol. The smallest absolute Gasteiger partial charge is 0.139 e. The third kappa shape index (κ3) is 18.6. The Morgan fingerprint density at radius 1 is 0.442 bits per heavy atom. The number of piperazine rings is 1. The van der Waals surface area contributed by atoms with E-state index in [1.165, 1.54) is 32.1 Å². The zero-order valence-corrected chi connectivity index (χ0v) is 61.1. The maximum absolute atomic E-state index is 5.87. The Kier molecular flexibility index (Phi) is 25.1. The van der Waals surface area contributed by atoms with Crippen molar-refractivity contribution in [2.24, 2.45) is 0 Å². The maximum atomic E-state index is 5.87. The molecule has 2 aliphatic heterocycles. The lowest BCUT2D eigenvalue weighted by molar-refractivity contribution is 0.0904. The van der Waals surface area contributed by atoms with Crippen LogP contribution in [0.3, 0.4) is 0 Å². The fourth-order valence-corrected chi connectivity index (χ4v) is 13.1. The molecule has 0 radical (unpaired) electrons. The lowest BCUT2D eigenvalue weighted by Gasteiger charge is -2.33. The van der Waals surface area contributed by atoms with E-state index in [-0.39, 0.29) is 0 Å². The number of anilines is 6. The van der Waals surface area contributed by atoms with E-state index < -0.39 is 0 Å². The average molecular weight is 1430 g/mol. The number of hydrogen-bond acceptors (Lipinski definition) is 22. The van der Waals surface area contributed by atoms with Gasteiger partial charge in [0.1, 0.15) is 34.9 Å². The molecule has 0 bridgehead atoms. The highest BCUT2D eigenvalue weighted by molar-refractivity contribution is 6.30. The van der Waals surface area contributed by atoms with Crippen molar-refractivity contribution < 1.29 is 9.47 Å². The van der Waals surface area contributed by atoms with Gasteiger partial charge in [0.25, 0.3) is 0 Å². The number of nitrogens with one attached hydrogen (secondary N) is 11. The van der Waals surface area contributed by atoms with Gasteiger partial charge in [-0.2, -0.15) is 30.6 Å². The summed E-state index contributed by atoms with van der Waals surface area (Å²) in [7, 11) is 3.84. The number of halogens is 1. The van der Waals surface area contributed by atoms with Crippen LogP contribution in [0.15, 0.2) is 122 Å². The first kappa shape index (κ1) is 72.8. The van der Waals surface area contributed by atoms with Gasteiger partial charge in [-0.1, -0.05) is 49.1 Å². The minimum atomic E-state index is 0.455. The van der Waals surface area contributed by atoms with Gasteiger partial charge in [0.2, 0.25) is 0 Å². The van der Waals surface area contributed by atoms with Gasteiger partial charge in [-0.15, -0.1) is 0 Å². The molecule has 0 amide bonds. The summed E-state index contributed by atoms with van der Waals surface area (Å²) in [4.78, 5) is 35.5. The highest BCUT2D eigenvalue weighted by Crippen LogP contribution is 2.31. The Hall–Kier alpha value is -10.9. The number of fused-ring (bicyclic) bond motifs is 6. The minimum absolute atomic E-state index is 0.455. The number of likely N-dealkylation sites (N-methyl/N-ethyl adjacent to an activating group) is 1. The predicted octanol–water partition coefficient (Wildman–Crippen LogP) is 13.1. The Morgan fingerprint density at radius 3 is 1.32 bits per heavy atom. The zero-order chi connectivity index (χ0) is 72.2. The Balaban J connectivity index is 0.000000118. The summed E-state index contributed by atoms with van der Waals surface area (Å²) in [6.07, 6.45) is 22.1. The first-order valence-corrected chi connectivity index (χ1v) is 35.9. The fourth-order valence-electron chi connectivity index (χ4n) is 12.9. The van der Waals surface area contributed by atoms with E-state index in [4.69, 9.17) is 21.1 Å². The number of rotatable bonds is 16. The van der Waals surface area contributed by atoms with Crippen LogP contribution in [0.1, 0.15) is 90.4 Å². The van der Waals surface area contributed by atoms with Gasteiger partial charge in [0, 0.05) is 173 Å². The third-order valence-electron chi connectivity index (χ3n) is 18.6. The number of ether oxygens (including phenoxy) is 2. The number of aromatic nitrogens is 19. The second-order valence-electron chi connectivity index (χ2n) is 26.1. The number of benzene rings is 1. The van der Waals surface area contributed by atoms with Gasteiger partial charge in [-0.25, -0.2) is 29.9 Å². The number of aryl methyl sites for hydroxylation is 6. The van der Waals surface area contributed by atoms with Crippen molar-refractivity contribution in [3.05, 3.63) is 173 Å². The molecule has 1 saturated carbocycles. The molecule has 15 heterocycles. The molecule has 17 rings (SSSR count). The van der Waals surface area contributed by atoms with Crippen molar-refractivity contribution in [3.8, 4) is 0 Å². The van der Waals surface area contributed by atoms with Crippen molar-refractivity contribution >= 4 is 112 Å². The van der Waals surface area contributed by atoms with Crippen molar-refractivity contribution in [2.75, 3.05) is 105 Å². The molecule has 3 aliphatic rings. The summed E-state index contributed by atoms with van der Waals surface area (Å²) in [5, 5.41) is 67.7. The lowest BCUT2D eigenvalue weighted by Crippen LogP contribution is -2.44. The van der Waals surface area contributed by atoms with Crippen LogP contribution in [0.25, 0.3) is 65.4 Å². The number of H-pyrrole nitrogens is 6. The Labute approximate surface area is 608 Å². The number of nitrogens with zero attached hydrogens (tertiary/aromatic N) is 15. The van der Waals surface area contributed by atoms with E-state index in [2.05, 4.69) is 146 Å². The quantitative estimate of drug-likeness (QED) is 0.0400. The largest absolute Gasteiger partial charge is 0.383 e. The average Bonchev–Trinajstić information content (AvgIpc) is 1.65. The van der Waals surface area contributed by atoms with Crippen LogP contribution < -0.4 is 31.5 Å². The first-order valence-electron chi connectivity index (χ1n) is 35.5. The van der Waals surface area contributed by atoms with E-state index in [0.717, 1.165) is 223 Å². The minimum Gasteiger partial charge on any atom is -0.383 e. The van der Waals surface area contributed by atoms with Gasteiger partial charge in [0.05, 0.1) is 72.0 Å². The van der Waals surface area contributed by atoms with Crippen LogP contribution in [0, 0.1) is 41.5 Å². The van der Waals surface area contributed by atoms with Crippen molar-refractivity contribution in [1.29, 1.82) is 0 Å². The third-order valence-corrected chi connectivity index (χ3v) is 18.8. The fraction of sp³-hybridized carbons (Fsp3) is 0.373. The van der Waals surface area contributed by atoms with E-state index in [0.29, 0.717) is 25.2 Å². The SMILES string of the molecule is COCCNc1nccc2n[nH]c(C)c12.Cc1[nH]nc2ccnc(N3CCN(C)CC3)c12.Cc1[nH]nc2ccnc(NC3CCCCC3)c12.Cc1[nH]nc2ccnc(NC3CCOCC3)c12.Cc1[nH]nc2ccnc(NCCc3ccccn3)c12.Cc1[nH]nc2ccnc(NCc3ccc(Cl)cc3)c12. The van der Waals surface area contributed by atoms with E-state index in [9.17, 15) is 0 Å². The number of aromatic amines is 6. The molecule has 0 spiro atoms. The zero-order valence-electron chi connectivity index (χ0n) is 60.3. The standard InChI is InChI=1S/C14H13ClN4.C14H15N5.C13H18N4.C12H17N5.C12H16N4O.C10H14N4O/c1-9-13-12(19-18-9)6-7-16-14(13)17-8-10-2-4-11(15)5-3-10;1-10-13-12(19-18-10)6-9-17-14(13)16-8-5-11-4-2-3-7-15-11;1-9-12-11(17-16-9)7-8-14-13(12)15-10-5-3-2-4-6-10;1-9-11-10(15-14-9)3-4-13-12(11)17-7-5-16(2)6-8-17;1-8-11-10(16-15-8)2-5-13-12(11)14-9-3-6-17-7-4-9;1-7-9-8(14-13-7)3-4-11-10(9)12-5-6-15-2/h2-7H,8H2,1H3,(H,16,17)(H,18,19);2-4,6-7,9H,5,8H2,1H3,(H,16,17)(H,18,19);7-8,10H,2-6H2,1H3,(H,14,15)(H,16,17);3-4H,5-8H2,1-2H3,(H,14,15);2,5,9H,3-4,6-7H2,1H3,(H,13,14)(H,15,16);3-4H,5-6H2,1-2H3,(H,11,12)(H,13,14). The van der Waals surface area contributed by atoms with Crippen molar-refractivity contribution in [2.45, 2.75) is 112 Å². The van der Waals surface area contributed by atoms with Crippen molar-refractivity contribution in [1.82, 2.24) is 101 Å². The van der Waals surface area contributed by atoms with Gasteiger partial charge in [-0.05, 0) is 141 Å². The molecule has 28 nitrogen and oxygen atoms in total. The molecule has 1 aliphatic carbocycles. The van der Waals surface area contributed by atoms with Crippen LogP contribution in [0.5, 0.6) is 0 Å². The summed E-state index contributed by atoms with van der Waals surface area (Å²) >= 11 is 5.87. The molecular weight excluding hydrogens is 1330 g/mol. The Bertz CT molecular complexity index is 4890. The normalized spacial score (nSPS) is 14.1. The molecule has 104 heavy (non-hydrogen) atoms. The van der Waals surface area contributed by atoms with Crippen LogP contribution in [0.4, 0.5) is 34.9 Å². The summed E-state index contributed by atoms with van der Waals surface area (Å²) in [6, 6.07) is 26.3. The summed E-state index contributed by atoms with van der Waals surface area (Å²) < 4.78 is 10.3. The molecule has 0 unspecified atom stereocenters. The molecule has 14 aromatic rings. The molecular formula is C75H93ClN26O2. The van der Waals surface area contributed by atoms with Gasteiger partial charge < -0.3 is 45.9 Å². The van der Waals surface area contributed by atoms with Gasteiger partial charge in [-0.3, -0.25) is 35.6 Å². The van der Waals surface area contributed by atoms with E-state index >= 15 is 0 Å². The first-order chi connectivity index (χ1) is 50.8. The lowest BCUT2D eigenvalue weighted by atomic mass is 9.95. The topological polar surface area (TPSA) is 347 Å². The molecule has 542 valence electrons. The number of hydrogen-bond donors (Lipinski definition) is 11. The molecule has 11 N–H and O–H groups in total. The highest BCUT2D eigenvalue weighted by atomic mass is 35.5. The second kappa shape index (κ2) is 35.8. The van der Waals surface area contributed by atoms with Crippen LogP contribution >= 0.6 is 11.6 Å². The van der Waals surface area contributed by atoms with E-state index in [1.807, 2.05) is 132 Å². The number of pyridine rings is 7. The van der Waals surface area contributed by atoms with Crippen molar-refractivity contribution in [3.63, 3.8) is 0 Å². The summed E-state index contributed by atoms with van der Waals surface area (Å²) in [6.45, 7) is 20.9. The molecule has 13 aromatic heterocycles. The summed E-state index contributed by atoms with van der Waals surface area (Å²) in [5.41, 5.74) is 14.3. The second-order valence-corrected chi connectivity index (χ2v) is 26.5. The van der Waals surface area contributed by atoms with Crippen LogP contribution in [-0.4, -0.2) is 186 Å². The summed E-state index contributed by atoms with van der Waals surface area (Å²) in [5.74, 6) is 5.57.